The predicted octanol–water partition coefficient (Wildman–Crippen LogP) is 2.35. The van der Waals surface area contributed by atoms with Crippen LogP contribution in [-0.2, 0) is 0 Å². The van der Waals surface area contributed by atoms with Crippen molar-refractivity contribution >= 4 is 5.91 Å². The number of amides is 1. The number of hydrogen-bond donors (Lipinski definition) is 0. The smallest absolute Gasteiger partial charge is 0.291 e. The second-order valence-corrected chi connectivity index (χ2v) is 4.00. The fraction of sp³-hybridized carbons (Fsp3) is 0.231. The summed E-state index contributed by atoms with van der Waals surface area (Å²) in [5, 5.41) is 0. The summed E-state index contributed by atoms with van der Waals surface area (Å²) in [6.45, 7) is 1.77. The zero-order valence-electron chi connectivity index (χ0n) is 10.1. The Morgan fingerprint density at radius 3 is 2.47 bits per heavy atom. The molecule has 0 bridgehead atoms. The van der Waals surface area contributed by atoms with Crippen molar-refractivity contribution in [3.63, 3.8) is 0 Å². The SMILES string of the molecule is Cc1nc(-c2ccccc2)oc1C(=O)N(C)C. The van der Waals surface area contributed by atoms with Crippen LogP contribution in [0.1, 0.15) is 16.2 Å². The Labute approximate surface area is 99.9 Å². The molecule has 0 aliphatic carbocycles. The number of carbonyl (C=O) groups excluding carboxylic acids is 1. The summed E-state index contributed by atoms with van der Waals surface area (Å²) in [7, 11) is 3.37. The first-order chi connectivity index (χ1) is 8.09. The first-order valence-electron chi connectivity index (χ1n) is 5.34. The van der Waals surface area contributed by atoms with E-state index >= 15 is 0 Å². The molecular formula is C13H14N2O2. The second-order valence-electron chi connectivity index (χ2n) is 4.00. The van der Waals surface area contributed by atoms with Gasteiger partial charge in [-0.2, -0.15) is 0 Å². The summed E-state index contributed by atoms with van der Waals surface area (Å²) in [6.07, 6.45) is 0. The summed E-state index contributed by atoms with van der Waals surface area (Å²) < 4.78 is 5.52. The van der Waals surface area contributed by atoms with Crippen molar-refractivity contribution in [2.75, 3.05) is 14.1 Å². The van der Waals surface area contributed by atoms with Crippen molar-refractivity contribution in [3.05, 3.63) is 41.8 Å². The first-order valence-corrected chi connectivity index (χ1v) is 5.34. The Balaban J connectivity index is 2.41. The molecule has 0 atom stereocenters. The summed E-state index contributed by atoms with van der Waals surface area (Å²) in [5.74, 6) is 0.610. The highest BCUT2D eigenvalue weighted by Crippen LogP contribution is 2.21. The van der Waals surface area contributed by atoms with E-state index in [2.05, 4.69) is 4.98 Å². The molecule has 2 aromatic rings. The van der Waals surface area contributed by atoms with E-state index in [1.165, 1.54) is 4.90 Å². The number of aromatic nitrogens is 1. The van der Waals surface area contributed by atoms with Crippen LogP contribution in [-0.4, -0.2) is 29.9 Å². The molecule has 17 heavy (non-hydrogen) atoms. The maximum Gasteiger partial charge on any atom is 0.291 e. The largest absolute Gasteiger partial charge is 0.431 e. The van der Waals surface area contributed by atoms with E-state index in [4.69, 9.17) is 4.42 Å². The van der Waals surface area contributed by atoms with E-state index in [-0.39, 0.29) is 5.91 Å². The molecule has 0 spiro atoms. The van der Waals surface area contributed by atoms with Crippen LogP contribution >= 0.6 is 0 Å². The molecule has 4 nitrogen and oxygen atoms in total. The van der Waals surface area contributed by atoms with Gasteiger partial charge in [-0.3, -0.25) is 4.79 Å². The third-order valence-electron chi connectivity index (χ3n) is 2.42. The van der Waals surface area contributed by atoms with Crippen LogP contribution < -0.4 is 0 Å². The summed E-state index contributed by atoms with van der Waals surface area (Å²) in [5.41, 5.74) is 1.48. The Hall–Kier alpha value is -2.10. The van der Waals surface area contributed by atoms with Crippen molar-refractivity contribution in [1.82, 2.24) is 9.88 Å². The predicted molar refractivity (Wildman–Crippen MR) is 64.7 cm³/mol. The molecule has 0 fully saturated rings. The van der Waals surface area contributed by atoms with Crippen molar-refractivity contribution in [2.24, 2.45) is 0 Å². The van der Waals surface area contributed by atoms with Gasteiger partial charge in [0.05, 0.1) is 5.69 Å². The third-order valence-corrected chi connectivity index (χ3v) is 2.42. The van der Waals surface area contributed by atoms with E-state index < -0.39 is 0 Å². The summed E-state index contributed by atoms with van der Waals surface area (Å²) in [6, 6.07) is 9.53. The average Bonchev–Trinajstić information content (AvgIpc) is 2.71. The van der Waals surface area contributed by atoms with Crippen LogP contribution in [0.5, 0.6) is 0 Å². The second kappa shape index (κ2) is 4.41. The lowest BCUT2D eigenvalue weighted by Gasteiger charge is -2.07. The highest BCUT2D eigenvalue weighted by Gasteiger charge is 2.19. The molecule has 88 valence electrons. The summed E-state index contributed by atoms with van der Waals surface area (Å²) >= 11 is 0. The van der Waals surface area contributed by atoms with Crippen molar-refractivity contribution in [1.29, 1.82) is 0 Å². The lowest BCUT2D eigenvalue weighted by atomic mass is 10.2. The molecule has 1 amide bonds. The normalized spacial score (nSPS) is 10.3. The molecule has 0 saturated carbocycles. The van der Waals surface area contributed by atoms with Gasteiger partial charge >= 0.3 is 0 Å². The van der Waals surface area contributed by atoms with Crippen LogP contribution in [0, 0.1) is 6.92 Å². The number of aryl methyl sites for hydroxylation is 1. The van der Waals surface area contributed by atoms with Crippen LogP contribution in [0.4, 0.5) is 0 Å². The van der Waals surface area contributed by atoms with Gasteiger partial charge in [0.1, 0.15) is 0 Å². The molecule has 0 radical (unpaired) electrons. The number of benzene rings is 1. The van der Waals surface area contributed by atoms with Crippen LogP contribution in [0.15, 0.2) is 34.7 Å². The van der Waals surface area contributed by atoms with Crippen molar-refractivity contribution in [3.8, 4) is 11.5 Å². The van der Waals surface area contributed by atoms with Gasteiger partial charge < -0.3 is 9.32 Å². The van der Waals surface area contributed by atoms with E-state index in [1.807, 2.05) is 30.3 Å². The third kappa shape index (κ3) is 2.20. The van der Waals surface area contributed by atoms with Gasteiger partial charge in [-0.25, -0.2) is 4.98 Å². The van der Waals surface area contributed by atoms with E-state index in [9.17, 15) is 4.79 Å². The van der Waals surface area contributed by atoms with Gasteiger partial charge in [-0.1, -0.05) is 18.2 Å². The minimum atomic E-state index is -0.169. The molecule has 1 aromatic carbocycles. The number of carbonyl (C=O) groups is 1. The Morgan fingerprint density at radius 2 is 1.88 bits per heavy atom. The Kier molecular flexibility index (Phi) is 2.95. The molecule has 0 aliphatic rings. The average molecular weight is 230 g/mol. The number of oxazole rings is 1. The highest BCUT2D eigenvalue weighted by molar-refractivity contribution is 5.92. The van der Waals surface area contributed by atoms with Crippen molar-refractivity contribution in [2.45, 2.75) is 6.92 Å². The molecule has 1 heterocycles. The van der Waals surface area contributed by atoms with Gasteiger partial charge in [-0.15, -0.1) is 0 Å². The molecule has 4 heteroatoms. The fourth-order valence-corrected chi connectivity index (χ4v) is 1.50. The Morgan fingerprint density at radius 1 is 1.24 bits per heavy atom. The topological polar surface area (TPSA) is 46.3 Å². The van der Waals surface area contributed by atoms with Crippen LogP contribution in [0.25, 0.3) is 11.5 Å². The van der Waals surface area contributed by atoms with Gasteiger partial charge in [-0.05, 0) is 19.1 Å². The van der Waals surface area contributed by atoms with E-state index in [0.717, 1.165) is 5.56 Å². The van der Waals surface area contributed by atoms with Crippen LogP contribution in [0.2, 0.25) is 0 Å². The number of hydrogen-bond acceptors (Lipinski definition) is 3. The van der Waals surface area contributed by atoms with E-state index in [0.29, 0.717) is 17.3 Å². The Bertz CT molecular complexity index is 530. The maximum absolute atomic E-state index is 11.8. The van der Waals surface area contributed by atoms with Crippen LogP contribution in [0.3, 0.4) is 0 Å². The zero-order chi connectivity index (χ0) is 12.4. The monoisotopic (exact) mass is 230 g/mol. The minimum Gasteiger partial charge on any atom is -0.431 e. The van der Waals surface area contributed by atoms with Gasteiger partial charge in [0, 0.05) is 19.7 Å². The van der Waals surface area contributed by atoms with Crippen molar-refractivity contribution < 1.29 is 9.21 Å². The molecule has 0 aliphatic heterocycles. The molecule has 0 unspecified atom stereocenters. The molecule has 1 aromatic heterocycles. The number of nitrogens with zero attached hydrogens (tertiary/aromatic N) is 2. The maximum atomic E-state index is 11.8. The standard InChI is InChI=1S/C13H14N2O2/c1-9-11(13(16)15(2)3)17-12(14-9)10-7-5-4-6-8-10/h4-8H,1-3H3. The molecule has 0 N–H and O–H groups in total. The molecule has 2 rings (SSSR count). The lowest BCUT2D eigenvalue weighted by molar-refractivity contribution is 0.0796. The summed E-state index contributed by atoms with van der Waals surface area (Å²) in [4.78, 5) is 17.5. The molecule has 0 saturated heterocycles. The van der Waals surface area contributed by atoms with E-state index in [1.54, 1.807) is 21.0 Å². The van der Waals surface area contributed by atoms with Gasteiger partial charge in [0.25, 0.3) is 5.91 Å². The molecular weight excluding hydrogens is 216 g/mol. The first kappa shape index (κ1) is 11.4. The number of rotatable bonds is 2. The quantitative estimate of drug-likeness (QED) is 0.795. The lowest BCUT2D eigenvalue weighted by Crippen LogP contribution is -2.21. The minimum absolute atomic E-state index is 0.169. The zero-order valence-corrected chi connectivity index (χ0v) is 10.1. The van der Waals surface area contributed by atoms with Gasteiger partial charge in [0.15, 0.2) is 0 Å². The highest BCUT2D eigenvalue weighted by atomic mass is 16.4. The fourth-order valence-electron chi connectivity index (χ4n) is 1.50. The van der Waals surface area contributed by atoms with Gasteiger partial charge in [0.2, 0.25) is 11.7 Å².